The van der Waals surface area contributed by atoms with E-state index in [2.05, 4.69) is 6.58 Å². The molecule has 1 saturated heterocycles. The molecule has 0 saturated carbocycles. The van der Waals surface area contributed by atoms with Crippen molar-refractivity contribution >= 4 is 34.9 Å². The van der Waals surface area contributed by atoms with Crippen LogP contribution in [-0.2, 0) is 4.79 Å². The van der Waals surface area contributed by atoms with Crippen molar-refractivity contribution in [1.82, 2.24) is 4.90 Å². The van der Waals surface area contributed by atoms with Gasteiger partial charge in [0.2, 0.25) is 0 Å². The van der Waals surface area contributed by atoms with E-state index in [-0.39, 0.29) is 17.9 Å². The van der Waals surface area contributed by atoms with Crippen molar-refractivity contribution in [3.8, 4) is 0 Å². The third-order valence-corrected chi connectivity index (χ3v) is 4.82. The summed E-state index contributed by atoms with van der Waals surface area (Å²) in [6.07, 6.45) is 2.84. The van der Waals surface area contributed by atoms with Crippen molar-refractivity contribution in [2.45, 2.75) is 18.2 Å². The highest BCUT2D eigenvalue weighted by Crippen LogP contribution is 2.51. The maximum atomic E-state index is 11.2. The molecule has 92 valence electrons. The Labute approximate surface area is 109 Å². The standard InChI is InChI=1S/C11H13NO3S2/c1-2-3-7-8(11(14)15)12-9(16)6(4-5-13)10(12)17-7/h2,6,10,13H,1,3-5H2,(H,14,15)/t6?,10-/m0/s1. The zero-order valence-corrected chi connectivity index (χ0v) is 10.8. The van der Waals surface area contributed by atoms with E-state index in [4.69, 9.17) is 17.3 Å². The van der Waals surface area contributed by atoms with Crippen molar-refractivity contribution in [3.63, 3.8) is 0 Å². The summed E-state index contributed by atoms with van der Waals surface area (Å²) in [6, 6.07) is 0. The van der Waals surface area contributed by atoms with Crippen molar-refractivity contribution in [3.05, 3.63) is 23.3 Å². The molecule has 2 rings (SSSR count). The molecule has 1 unspecified atom stereocenters. The van der Waals surface area contributed by atoms with Gasteiger partial charge in [-0.05, 0) is 12.8 Å². The number of hydrogen-bond donors (Lipinski definition) is 2. The van der Waals surface area contributed by atoms with Gasteiger partial charge in [-0.15, -0.1) is 18.3 Å². The fraction of sp³-hybridized carbons (Fsp3) is 0.455. The minimum Gasteiger partial charge on any atom is -0.477 e. The number of carboxylic acids is 1. The summed E-state index contributed by atoms with van der Waals surface area (Å²) in [4.78, 5) is 14.4. The summed E-state index contributed by atoms with van der Waals surface area (Å²) < 4.78 is 0. The number of carboxylic acid groups (broad SMARTS) is 1. The molecule has 1 fully saturated rings. The number of thioether (sulfide) groups is 1. The second kappa shape index (κ2) is 4.80. The third-order valence-electron chi connectivity index (χ3n) is 2.89. The number of aliphatic hydroxyl groups excluding tert-OH is 1. The maximum Gasteiger partial charge on any atom is 0.353 e. The van der Waals surface area contributed by atoms with E-state index in [1.807, 2.05) is 0 Å². The van der Waals surface area contributed by atoms with Crippen LogP contribution in [0.25, 0.3) is 0 Å². The normalized spacial score (nSPS) is 26.9. The number of fused-ring (bicyclic) bond motifs is 1. The first-order valence-corrected chi connectivity index (χ1v) is 6.58. The van der Waals surface area contributed by atoms with Crippen LogP contribution in [0.5, 0.6) is 0 Å². The third kappa shape index (κ3) is 1.90. The molecule has 2 heterocycles. The first kappa shape index (κ1) is 12.6. The van der Waals surface area contributed by atoms with E-state index >= 15 is 0 Å². The lowest BCUT2D eigenvalue weighted by atomic mass is 9.95. The average Bonchev–Trinajstić information content (AvgIpc) is 2.62. The topological polar surface area (TPSA) is 60.8 Å². The van der Waals surface area contributed by atoms with Gasteiger partial charge in [0.15, 0.2) is 0 Å². The van der Waals surface area contributed by atoms with Gasteiger partial charge in [-0.3, -0.25) is 0 Å². The van der Waals surface area contributed by atoms with Crippen molar-refractivity contribution in [1.29, 1.82) is 0 Å². The number of hydrogen-bond acceptors (Lipinski definition) is 4. The van der Waals surface area contributed by atoms with Crippen LogP contribution in [0.2, 0.25) is 0 Å². The predicted molar refractivity (Wildman–Crippen MR) is 70.5 cm³/mol. The molecule has 17 heavy (non-hydrogen) atoms. The molecule has 2 N–H and O–H groups in total. The number of nitrogens with zero attached hydrogens (tertiary/aromatic N) is 1. The van der Waals surface area contributed by atoms with Crippen molar-refractivity contribution in [2.24, 2.45) is 5.92 Å². The lowest BCUT2D eigenvalue weighted by Gasteiger charge is -2.45. The molecule has 2 aliphatic rings. The van der Waals surface area contributed by atoms with Crippen LogP contribution in [0.15, 0.2) is 23.3 Å². The lowest BCUT2D eigenvalue weighted by molar-refractivity contribution is -0.134. The molecular formula is C11H13NO3S2. The molecule has 0 aromatic carbocycles. The number of aliphatic hydroxyl groups is 1. The van der Waals surface area contributed by atoms with E-state index in [1.54, 1.807) is 11.0 Å². The molecular weight excluding hydrogens is 258 g/mol. The van der Waals surface area contributed by atoms with Gasteiger partial charge in [-0.1, -0.05) is 18.3 Å². The Bertz CT molecular complexity index is 419. The molecule has 0 amide bonds. The van der Waals surface area contributed by atoms with Gasteiger partial charge >= 0.3 is 5.97 Å². The minimum atomic E-state index is -0.943. The van der Waals surface area contributed by atoms with Crippen LogP contribution in [0.4, 0.5) is 0 Å². The molecule has 2 atom stereocenters. The zero-order chi connectivity index (χ0) is 12.6. The first-order valence-electron chi connectivity index (χ1n) is 5.29. The van der Waals surface area contributed by atoms with E-state index in [1.165, 1.54) is 11.8 Å². The van der Waals surface area contributed by atoms with Gasteiger partial charge < -0.3 is 15.1 Å². The van der Waals surface area contributed by atoms with E-state index in [9.17, 15) is 9.90 Å². The Morgan fingerprint density at radius 2 is 2.35 bits per heavy atom. The molecule has 2 aliphatic heterocycles. The zero-order valence-electron chi connectivity index (χ0n) is 9.13. The SMILES string of the molecule is C=CCC1=C(C(=O)O)N2C(=S)C(CCO)[C@@H]2S1. The van der Waals surface area contributed by atoms with Crippen LogP contribution >= 0.6 is 24.0 Å². The largest absolute Gasteiger partial charge is 0.477 e. The highest BCUT2D eigenvalue weighted by molar-refractivity contribution is 8.04. The molecule has 0 aromatic rings. The second-order valence-electron chi connectivity index (χ2n) is 3.91. The summed E-state index contributed by atoms with van der Waals surface area (Å²) in [7, 11) is 0. The van der Waals surface area contributed by atoms with Crippen molar-refractivity contribution in [2.75, 3.05) is 6.61 Å². The van der Waals surface area contributed by atoms with Gasteiger partial charge in [0.05, 0.1) is 10.4 Å². The summed E-state index contributed by atoms with van der Waals surface area (Å²) in [5.74, 6) is -0.835. The molecule has 4 nitrogen and oxygen atoms in total. The van der Waals surface area contributed by atoms with Crippen LogP contribution in [0, 0.1) is 5.92 Å². The first-order chi connectivity index (χ1) is 8.11. The fourth-order valence-electron chi connectivity index (χ4n) is 2.14. The van der Waals surface area contributed by atoms with E-state index < -0.39 is 5.97 Å². The van der Waals surface area contributed by atoms with Crippen LogP contribution < -0.4 is 0 Å². The monoisotopic (exact) mass is 271 g/mol. The van der Waals surface area contributed by atoms with E-state index in [0.29, 0.717) is 23.5 Å². The second-order valence-corrected chi connectivity index (χ2v) is 5.53. The van der Waals surface area contributed by atoms with Crippen LogP contribution in [0.3, 0.4) is 0 Å². The Kier molecular flexibility index (Phi) is 3.56. The molecule has 0 radical (unpaired) electrons. The molecule has 6 heteroatoms. The summed E-state index contributed by atoms with van der Waals surface area (Å²) in [5, 5.41) is 18.2. The van der Waals surface area contributed by atoms with E-state index in [0.717, 1.165) is 4.91 Å². The fourth-order valence-corrected chi connectivity index (χ4v) is 4.30. The maximum absolute atomic E-state index is 11.2. The smallest absolute Gasteiger partial charge is 0.353 e. The van der Waals surface area contributed by atoms with Crippen molar-refractivity contribution < 1.29 is 15.0 Å². The number of carbonyl (C=O) groups is 1. The Morgan fingerprint density at radius 1 is 1.65 bits per heavy atom. The van der Waals surface area contributed by atoms with Gasteiger partial charge in [-0.25, -0.2) is 4.79 Å². The number of aliphatic carboxylic acids is 1. The minimum absolute atomic E-state index is 0.0516. The quantitative estimate of drug-likeness (QED) is 0.585. The highest BCUT2D eigenvalue weighted by Gasteiger charge is 2.52. The van der Waals surface area contributed by atoms with Gasteiger partial charge in [-0.2, -0.15) is 0 Å². The van der Waals surface area contributed by atoms with Gasteiger partial charge in [0, 0.05) is 17.4 Å². The highest BCUT2D eigenvalue weighted by atomic mass is 32.2. The summed E-state index contributed by atoms with van der Waals surface area (Å²) >= 11 is 6.75. The number of rotatable bonds is 5. The van der Waals surface area contributed by atoms with Crippen LogP contribution in [-0.4, -0.2) is 38.1 Å². The lowest BCUT2D eigenvalue weighted by Crippen LogP contribution is -2.56. The Balaban J connectivity index is 2.23. The molecule has 0 spiro atoms. The van der Waals surface area contributed by atoms with Crippen LogP contribution in [0.1, 0.15) is 12.8 Å². The predicted octanol–water partition coefficient (Wildman–Crippen LogP) is 1.57. The van der Waals surface area contributed by atoms with Gasteiger partial charge in [0.1, 0.15) is 5.70 Å². The molecule has 0 aromatic heterocycles. The number of thiocarbonyl (C=S) groups is 1. The average molecular weight is 271 g/mol. The molecule has 0 bridgehead atoms. The summed E-state index contributed by atoms with van der Waals surface area (Å²) in [6.45, 7) is 3.71. The summed E-state index contributed by atoms with van der Waals surface area (Å²) in [5.41, 5.74) is 0.291. The Hall–Kier alpha value is -0.850. The van der Waals surface area contributed by atoms with Gasteiger partial charge in [0.25, 0.3) is 0 Å². The Morgan fingerprint density at radius 3 is 2.88 bits per heavy atom. The molecule has 0 aliphatic carbocycles. The number of allylic oxidation sites excluding steroid dienone is 2.